The van der Waals surface area contributed by atoms with Gasteiger partial charge < -0.3 is 10.1 Å². The zero-order valence-electron chi connectivity index (χ0n) is 12.6. The van der Waals surface area contributed by atoms with Crippen molar-refractivity contribution in [1.82, 2.24) is 0 Å². The van der Waals surface area contributed by atoms with Crippen molar-refractivity contribution in [2.75, 3.05) is 5.32 Å². The van der Waals surface area contributed by atoms with Crippen LogP contribution in [0.15, 0.2) is 71.4 Å². The van der Waals surface area contributed by atoms with E-state index in [9.17, 15) is 4.79 Å². The summed E-state index contributed by atoms with van der Waals surface area (Å²) in [5, 5.41) is 7.03. The standard InChI is InChI=1S/C19H17NO2S/c21-19(11-10-15-12-13-23-14-15)20-17-8-4-5-9-18(17)22-16-6-2-1-3-7-16/h1-9,12-14H,10-11H2,(H,20,21). The van der Waals surface area contributed by atoms with Gasteiger partial charge in [-0.2, -0.15) is 11.3 Å². The molecule has 0 unspecified atom stereocenters. The van der Waals surface area contributed by atoms with E-state index >= 15 is 0 Å². The molecule has 3 rings (SSSR count). The molecule has 0 radical (unpaired) electrons. The summed E-state index contributed by atoms with van der Waals surface area (Å²) in [5.74, 6) is 1.37. The number of aryl methyl sites for hydroxylation is 1. The lowest BCUT2D eigenvalue weighted by Crippen LogP contribution is -2.12. The fraction of sp³-hybridized carbons (Fsp3) is 0.105. The molecule has 1 aromatic heterocycles. The van der Waals surface area contributed by atoms with E-state index in [-0.39, 0.29) is 5.91 Å². The van der Waals surface area contributed by atoms with Gasteiger partial charge in [-0.05, 0) is 53.1 Å². The van der Waals surface area contributed by atoms with Gasteiger partial charge in [0.25, 0.3) is 0 Å². The topological polar surface area (TPSA) is 38.3 Å². The van der Waals surface area contributed by atoms with Crippen LogP contribution >= 0.6 is 11.3 Å². The van der Waals surface area contributed by atoms with Gasteiger partial charge in [-0.1, -0.05) is 30.3 Å². The van der Waals surface area contributed by atoms with E-state index in [1.807, 2.05) is 66.0 Å². The fourth-order valence-corrected chi connectivity index (χ4v) is 2.88. The minimum absolute atomic E-state index is 0.0136. The summed E-state index contributed by atoms with van der Waals surface area (Å²) in [5.41, 5.74) is 1.88. The predicted molar refractivity (Wildman–Crippen MR) is 94.2 cm³/mol. The molecule has 116 valence electrons. The number of hydrogen-bond donors (Lipinski definition) is 1. The number of rotatable bonds is 6. The first-order chi connectivity index (χ1) is 11.3. The Morgan fingerprint density at radius 2 is 1.78 bits per heavy atom. The molecular weight excluding hydrogens is 306 g/mol. The quantitative estimate of drug-likeness (QED) is 0.684. The number of thiophene rings is 1. The molecule has 0 aliphatic carbocycles. The van der Waals surface area contributed by atoms with Gasteiger partial charge in [-0.25, -0.2) is 0 Å². The van der Waals surface area contributed by atoms with Crippen LogP contribution in [0, 0.1) is 0 Å². The Kier molecular flexibility index (Phi) is 5.06. The van der Waals surface area contributed by atoms with Gasteiger partial charge in [-0.3, -0.25) is 4.79 Å². The van der Waals surface area contributed by atoms with E-state index in [1.165, 1.54) is 5.56 Å². The lowest BCUT2D eigenvalue weighted by molar-refractivity contribution is -0.116. The zero-order chi connectivity index (χ0) is 15.9. The van der Waals surface area contributed by atoms with Crippen LogP contribution in [-0.4, -0.2) is 5.91 Å². The second kappa shape index (κ2) is 7.61. The molecule has 1 N–H and O–H groups in total. The number of ether oxygens (including phenoxy) is 1. The second-order valence-corrected chi connectivity index (χ2v) is 5.87. The summed E-state index contributed by atoms with van der Waals surface area (Å²) >= 11 is 1.65. The van der Waals surface area contributed by atoms with Crippen LogP contribution in [0.3, 0.4) is 0 Å². The molecule has 3 nitrogen and oxygen atoms in total. The Bertz CT molecular complexity index is 754. The van der Waals surface area contributed by atoms with Crippen molar-refractivity contribution in [1.29, 1.82) is 0 Å². The van der Waals surface area contributed by atoms with E-state index in [1.54, 1.807) is 11.3 Å². The maximum absolute atomic E-state index is 12.1. The minimum Gasteiger partial charge on any atom is -0.455 e. The third kappa shape index (κ3) is 4.44. The normalized spacial score (nSPS) is 10.3. The molecule has 4 heteroatoms. The second-order valence-electron chi connectivity index (χ2n) is 5.09. The van der Waals surface area contributed by atoms with Crippen molar-refractivity contribution in [3.63, 3.8) is 0 Å². The van der Waals surface area contributed by atoms with Crippen molar-refractivity contribution < 1.29 is 9.53 Å². The third-order valence-electron chi connectivity index (χ3n) is 3.35. The van der Waals surface area contributed by atoms with Crippen molar-refractivity contribution in [3.05, 3.63) is 77.0 Å². The van der Waals surface area contributed by atoms with E-state index in [0.717, 1.165) is 12.2 Å². The highest BCUT2D eigenvalue weighted by atomic mass is 32.1. The molecule has 0 atom stereocenters. The minimum atomic E-state index is -0.0136. The summed E-state index contributed by atoms with van der Waals surface area (Å²) in [6.45, 7) is 0. The van der Waals surface area contributed by atoms with Gasteiger partial charge >= 0.3 is 0 Å². The number of benzene rings is 2. The van der Waals surface area contributed by atoms with Gasteiger partial charge in [0.15, 0.2) is 5.75 Å². The number of amides is 1. The number of carbonyl (C=O) groups excluding carboxylic acids is 1. The average molecular weight is 323 g/mol. The molecule has 0 bridgehead atoms. The van der Waals surface area contributed by atoms with Gasteiger partial charge in [0, 0.05) is 6.42 Å². The van der Waals surface area contributed by atoms with Gasteiger partial charge in [0.05, 0.1) is 5.69 Å². The van der Waals surface area contributed by atoms with Crippen LogP contribution in [0.2, 0.25) is 0 Å². The summed E-state index contributed by atoms with van der Waals surface area (Å²) in [6, 6.07) is 19.0. The first-order valence-corrected chi connectivity index (χ1v) is 8.38. The monoisotopic (exact) mass is 323 g/mol. The van der Waals surface area contributed by atoms with Gasteiger partial charge in [0.1, 0.15) is 5.75 Å². The maximum atomic E-state index is 12.1. The van der Waals surface area contributed by atoms with E-state index in [4.69, 9.17) is 4.74 Å². The fourth-order valence-electron chi connectivity index (χ4n) is 2.18. The highest BCUT2D eigenvalue weighted by Crippen LogP contribution is 2.29. The first-order valence-electron chi connectivity index (χ1n) is 7.44. The summed E-state index contributed by atoms with van der Waals surface area (Å²) < 4.78 is 5.85. The Labute approximate surface area is 139 Å². The van der Waals surface area contributed by atoms with E-state index in [2.05, 4.69) is 10.7 Å². The lowest BCUT2D eigenvalue weighted by atomic mass is 10.2. The molecule has 2 aromatic carbocycles. The Hall–Kier alpha value is -2.59. The van der Waals surface area contributed by atoms with Gasteiger partial charge in [-0.15, -0.1) is 0 Å². The van der Waals surface area contributed by atoms with Crippen molar-refractivity contribution >= 4 is 22.9 Å². The van der Waals surface area contributed by atoms with Crippen molar-refractivity contribution in [2.24, 2.45) is 0 Å². The highest BCUT2D eigenvalue weighted by molar-refractivity contribution is 7.07. The largest absolute Gasteiger partial charge is 0.455 e. The zero-order valence-corrected chi connectivity index (χ0v) is 13.4. The number of carbonyl (C=O) groups is 1. The first kappa shape index (κ1) is 15.3. The molecule has 0 spiro atoms. The Morgan fingerprint density at radius 1 is 1.00 bits per heavy atom. The Morgan fingerprint density at radius 3 is 2.57 bits per heavy atom. The molecule has 1 heterocycles. The van der Waals surface area contributed by atoms with Crippen LogP contribution in [0.1, 0.15) is 12.0 Å². The number of hydrogen-bond acceptors (Lipinski definition) is 3. The Balaban J connectivity index is 1.64. The molecule has 0 saturated carbocycles. The number of nitrogens with one attached hydrogen (secondary N) is 1. The van der Waals surface area contributed by atoms with Crippen LogP contribution < -0.4 is 10.1 Å². The van der Waals surface area contributed by atoms with Crippen LogP contribution in [0.4, 0.5) is 5.69 Å². The average Bonchev–Trinajstić information content (AvgIpc) is 3.09. The van der Waals surface area contributed by atoms with Crippen LogP contribution in [0.25, 0.3) is 0 Å². The van der Waals surface area contributed by atoms with Crippen LogP contribution in [-0.2, 0) is 11.2 Å². The molecule has 3 aromatic rings. The van der Waals surface area contributed by atoms with Crippen molar-refractivity contribution in [3.8, 4) is 11.5 Å². The summed E-state index contributed by atoms with van der Waals surface area (Å²) in [7, 11) is 0. The lowest BCUT2D eigenvalue weighted by Gasteiger charge is -2.12. The molecule has 0 fully saturated rings. The maximum Gasteiger partial charge on any atom is 0.224 e. The van der Waals surface area contributed by atoms with Crippen molar-refractivity contribution in [2.45, 2.75) is 12.8 Å². The van der Waals surface area contributed by atoms with E-state index in [0.29, 0.717) is 17.9 Å². The summed E-state index contributed by atoms with van der Waals surface area (Å²) in [6.07, 6.45) is 1.20. The number of para-hydroxylation sites is 3. The highest BCUT2D eigenvalue weighted by Gasteiger charge is 2.08. The molecule has 0 saturated heterocycles. The molecule has 23 heavy (non-hydrogen) atoms. The summed E-state index contributed by atoms with van der Waals surface area (Å²) in [4.78, 5) is 12.1. The van der Waals surface area contributed by atoms with Gasteiger partial charge in [0.2, 0.25) is 5.91 Å². The van der Waals surface area contributed by atoms with Crippen LogP contribution in [0.5, 0.6) is 11.5 Å². The SMILES string of the molecule is O=C(CCc1ccsc1)Nc1ccccc1Oc1ccccc1. The predicted octanol–water partition coefficient (Wildman–Crippen LogP) is 5.11. The molecule has 1 amide bonds. The smallest absolute Gasteiger partial charge is 0.224 e. The van der Waals surface area contributed by atoms with E-state index < -0.39 is 0 Å². The third-order valence-corrected chi connectivity index (χ3v) is 4.09. The molecule has 0 aliphatic rings. The molecular formula is C19H17NO2S. The number of anilines is 1. The molecule has 0 aliphatic heterocycles.